The summed E-state index contributed by atoms with van der Waals surface area (Å²) >= 11 is 0. The molecule has 0 N–H and O–H groups in total. The third-order valence-corrected chi connectivity index (χ3v) is 12.5. The first-order chi connectivity index (χ1) is 35.0. The molecular weight excluding hydrogens is 877 g/mol. The number of hydrogen-bond donors (Lipinski definition) is 0. The Morgan fingerprint density at radius 3 is 0.915 bits per heavy atom. The van der Waals surface area contributed by atoms with E-state index >= 15 is 0 Å². The number of allylic oxidation sites excluding steroid dienone is 16. The highest BCUT2D eigenvalue weighted by atomic mass is 16.6. The van der Waals surface area contributed by atoms with Gasteiger partial charge in [-0.3, -0.25) is 14.4 Å². The number of hydrogen-bond acceptors (Lipinski definition) is 6. The molecule has 0 unspecified atom stereocenters. The van der Waals surface area contributed by atoms with Crippen molar-refractivity contribution in [1.82, 2.24) is 0 Å². The molecule has 0 aromatic heterocycles. The fourth-order valence-corrected chi connectivity index (χ4v) is 8.09. The molecule has 0 aliphatic carbocycles. The summed E-state index contributed by atoms with van der Waals surface area (Å²) in [4.78, 5) is 38.2. The highest BCUT2D eigenvalue weighted by Crippen LogP contribution is 2.14. The van der Waals surface area contributed by atoms with Crippen LogP contribution in [0.1, 0.15) is 278 Å². The van der Waals surface area contributed by atoms with Gasteiger partial charge in [0.1, 0.15) is 13.2 Å². The summed E-state index contributed by atoms with van der Waals surface area (Å²) in [7, 11) is 0. The Morgan fingerprint density at radius 1 is 0.296 bits per heavy atom. The molecule has 0 saturated heterocycles. The second-order valence-electron chi connectivity index (χ2n) is 19.5. The van der Waals surface area contributed by atoms with Crippen molar-refractivity contribution in [2.45, 2.75) is 284 Å². The van der Waals surface area contributed by atoms with Crippen molar-refractivity contribution in [1.29, 1.82) is 0 Å². The molecule has 0 aromatic carbocycles. The van der Waals surface area contributed by atoms with Gasteiger partial charge in [0.2, 0.25) is 0 Å². The first kappa shape index (κ1) is 67.3. The predicted molar refractivity (Wildman–Crippen MR) is 307 cm³/mol. The van der Waals surface area contributed by atoms with Crippen LogP contribution in [0.4, 0.5) is 0 Å². The minimum absolute atomic E-state index is 0.107. The van der Waals surface area contributed by atoms with Gasteiger partial charge < -0.3 is 14.2 Å². The van der Waals surface area contributed by atoms with E-state index in [4.69, 9.17) is 14.2 Å². The van der Waals surface area contributed by atoms with Crippen LogP contribution >= 0.6 is 0 Å². The Hall–Kier alpha value is -3.67. The summed E-state index contributed by atoms with van der Waals surface area (Å²) < 4.78 is 16.8. The fraction of sp³-hybridized carbons (Fsp3) is 0.708. The lowest BCUT2D eigenvalue weighted by Crippen LogP contribution is -2.30. The SMILES string of the molecule is CC/C=C\C/C=C\C/C=C\C/C=C\CCCCCCC(=O)OC[C@H](COC(=O)CCCCCCCCCCC/C=C\CCCCCCCC)OC(=O)CCC/C=C\C/C=C\C/C=C\CCCCCCCC. The largest absolute Gasteiger partial charge is 0.462 e. The molecule has 0 aliphatic heterocycles. The molecule has 6 heteroatoms. The number of carbonyl (C=O) groups is 3. The third-order valence-electron chi connectivity index (χ3n) is 12.5. The number of ether oxygens (including phenoxy) is 3. The maximum absolute atomic E-state index is 12.8. The number of carbonyl (C=O) groups excluding carboxylic acids is 3. The summed E-state index contributed by atoms with van der Waals surface area (Å²) in [6, 6.07) is 0. The van der Waals surface area contributed by atoms with Crippen LogP contribution in [-0.2, 0) is 28.6 Å². The lowest BCUT2D eigenvalue weighted by molar-refractivity contribution is -0.167. The molecule has 0 heterocycles. The molecule has 0 aromatic rings. The van der Waals surface area contributed by atoms with E-state index in [1.165, 1.54) is 135 Å². The maximum atomic E-state index is 12.8. The molecule has 0 bridgehead atoms. The van der Waals surface area contributed by atoms with Gasteiger partial charge in [-0.1, -0.05) is 240 Å². The molecule has 71 heavy (non-hydrogen) atoms. The van der Waals surface area contributed by atoms with Crippen molar-refractivity contribution in [2.75, 3.05) is 13.2 Å². The Bertz CT molecular complexity index is 1410. The van der Waals surface area contributed by atoms with Gasteiger partial charge in [-0.2, -0.15) is 0 Å². The first-order valence-corrected chi connectivity index (χ1v) is 29.7. The van der Waals surface area contributed by atoms with E-state index in [0.29, 0.717) is 19.3 Å². The molecule has 0 fully saturated rings. The van der Waals surface area contributed by atoms with E-state index in [2.05, 4.69) is 118 Å². The van der Waals surface area contributed by atoms with Crippen LogP contribution in [-0.4, -0.2) is 37.2 Å². The number of rotatable bonds is 53. The van der Waals surface area contributed by atoms with Gasteiger partial charge in [0.05, 0.1) is 0 Å². The molecule has 0 radical (unpaired) electrons. The van der Waals surface area contributed by atoms with E-state index in [0.717, 1.165) is 96.3 Å². The lowest BCUT2D eigenvalue weighted by Gasteiger charge is -2.18. The molecule has 0 rings (SSSR count). The summed E-state index contributed by atoms with van der Waals surface area (Å²) in [5, 5.41) is 0. The standard InChI is InChI=1S/C65H110O6/c1-4-7-10-13-16-19-22-25-28-31-32-35-37-40-43-46-49-52-55-58-64(67)70-61-62(71-65(68)59-56-53-50-47-44-41-38-34-30-27-24-21-18-15-12-9-6-3)60-69-63(66)57-54-51-48-45-42-39-36-33-29-26-23-20-17-14-11-8-5-2/h8,11,17,20,25-30,36,38-39,41,47,50,62H,4-7,9-10,12-16,18-19,21-24,31-35,37,40,42-46,48-49,51-61H2,1-3H3/b11-8-,20-17-,28-25-,29-26-,30-27-,39-36-,41-38-,50-47-/t62-/m1/s1. The van der Waals surface area contributed by atoms with Gasteiger partial charge in [0.25, 0.3) is 0 Å². The second-order valence-corrected chi connectivity index (χ2v) is 19.5. The van der Waals surface area contributed by atoms with Gasteiger partial charge in [0, 0.05) is 19.3 Å². The Morgan fingerprint density at radius 2 is 0.563 bits per heavy atom. The van der Waals surface area contributed by atoms with Crippen LogP contribution in [0, 0.1) is 0 Å². The number of unbranched alkanes of at least 4 members (excludes halogenated alkanes) is 26. The molecule has 406 valence electrons. The Kier molecular flexibility index (Phi) is 55.9. The normalized spacial score (nSPS) is 12.8. The smallest absolute Gasteiger partial charge is 0.306 e. The van der Waals surface area contributed by atoms with Gasteiger partial charge in [0.15, 0.2) is 6.10 Å². The highest BCUT2D eigenvalue weighted by Gasteiger charge is 2.19. The minimum atomic E-state index is -0.817. The van der Waals surface area contributed by atoms with Crippen LogP contribution in [0.2, 0.25) is 0 Å². The van der Waals surface area contributed by atoms with Crippen molar-refractivity contribution in [2.24, 2.45) is 0 Å². The van der Waals surface area contributed by atoms with Crippen LogP contribution in [0.3, 0.4) is 0 Å². The van der Waals surface area contributed by atoms with Gasteiger partial charge >= 0.3 is 17.9 Å². The zero-order valence-corrected chi connectivity index (χ0v) is 46.5. The Labute approximate surface area is 438 Å². The van der Waals surface area contributed by atoms with Crippen molar-refractivity contribution >= 4 is 17.9 Å². The van der Waals surface area contributed by atoms with Crippen LogP contribution in [0.15, 0.2) is 97.2 Å². The molecule has 0 amide bonds. The molecular formula is C65H110O6. The molecule has 0 aliphatic rings. The molecule has 6 nitrogen and oxygen atoms in total. The van der Waals surface area contributed by atoms with Crippen molar-refractivity contribution in [3.8, 4) is 0 Å². The average molecular weight is 988 g/mol. The number of esters is 3. The quantitative estimate of drug-likeness (QED) is 0.0261. The summed E-state index contributed by atoms with van der Waals surface area (Å²) in [6.07, 6.45) is 78.3. The molecule has 0 saturated carbocycles. The van der Waals surface area contributed by atoms with E-state index in [-0.39, 0.29) is 37.5 Å². The topological polar surface area (TPSA) is 78.9 Å². The van der Waals surface area contributed by atoms with Gasteiger partial charge in [-0.25, -0.2) is 0 Å². The third kappa shape index (κ3) is 57.1. The average Bonchev–Trinajstić information content (AvgIpc) is 3.37. The van der Waals surface area contributed by atoms with E-state index in [9.17, 15) is 14.4 Å². The molecule has 1 atom stereocenters. The van der Waals surface area contributed by atoms with Crippen molar-refractivity contribution in [3.63, 3.8) is 0 Å². The van der Waals surface area contributed by atoms with E-state index in [1.807, 2.05) is 0 Å². The molecule has 0 spiro atoms. The van der Waals surface area contributed by atoms with E-state index < -0.39 is 6.10 Å². The predicted octanol–water partition coefficient (Wildman–Crippen LogP) is 20.1. The zero-order chi connectivity index (χ0) is 51.4. The summed E-state index contributed by atoms with van der Waals surface area (Å²) in [5.74, 6) is -0.981. The van der Waals surface area contributed by atoms with Crippen LogP contribution in [0.25, 0.3) is 0 Å². The fourth-order valence-electron chi connectivity index (χ4n) is 8.09. The van der Waals surface area contributed by atoms with E-state index in [1.54, 1.807) is 0 Å². The minimum Gasteiger partial charge on any atom is -0.462 e. The van der Waals surface area contributed by atoms with Crippen LogP contribution in [0.5, 0.6) is 0 Å². The van der Waals surface area contributed by atoms with Gasteiger partial charge in [-0.15, -0.1) is 0 Å². The Balaban J connectivity index is 4.49. The van der Waals surface area contributed by atoms with Gasteiger partial charge in [-0.05, 0) is 116 Å². The zero-order valence-electron chi connectivity index (χ0n) is 46.5. The maximum Gasteiger partial charge on any atom is 0.306 e. The first-order valence-electron chi connectivity index (χ1n) is 29.7. The monoisotopic (exact) mass is 987 g/mol. The lowest BCUT2D eigenvalue weighted by atomic mass is 10.1. The van der Waals surface area contributed by atoms with Crippen molar-refractivity contribution in [3.05, 3.63) is 97.2 Å². The summed E-state index contributed by atoms with van der Waals surface area (Å²) in [6.45, 7) is 6.47. The van der Waals surface area contributed by atoms with Crippen molar-refractivity contribution < 1.29 is 28.6 Å². The second kappa shape index (κ2) is 58.9. The highest BCUT2D eigenvalue weighted by molar-refractivity contribution is 5.71. The van der Waals surface area contributed by atoms with Crippen LogP contribution < -0.4 is 0 Å². The summed E-state index contributed by atoms with van der Waals surface area (Å²) in [5.41, 5.74) is 0.